The van der Waals surface area contributed by atoms with Crippen LogP contribution in [0.4, 0.5) is 0 Å². The number of carbonyl (C=O) groups is 1. The van der Waals surface area contributed by atoms with Crippen LogP contribution in [0.25, 0.3) is 0 Å². The van der Waals surface area contributed by atoms with Crippen LogP contribution in [0.1, 0.15) is 49.2 Å². The molecule has 0 unspecified atom stereocenters. The molecule has 0 N–H and O–H groups in total. The van der Waals surface area contributed by atoms with Gasteiger partial charge in [-0.25, -0.2) is 4.79 Å². The molecule has 0 atom stereocenters. The van der Waals surface area contributed by atoms with Gasteiger partial charge in [-0.2, -0.15) is 0 Å². The van der Waals surface area contributed by atoms with E-state index in [-0.39, 0.29) is 5.97 Å². The van der Waals surface area contributed by atoms with Crippen LogP contribution >= 0.6 is 0 Å². The van der Waals surface area contributed by atoms with Crippen LogP contribution in [-0.4, -0.2) is 11.6 Å². The number of hydrogen-bond donors (Lipinski definition) is 0. The molecule has 1 rings (SSSR count). The highest BCUT2D eigenvalue weighted by molar-refractivity contribution is 5.93. The van der Waals surface area contributed by atoms with Crippen molar-refractivity contribution in [1.82, 2.24) is 0 Å². The summed E-state index contributed by atoms with van der Waals surface area (Å²) in [6, 6.07) is 5.90. The Hall–Kier alpha value is -1.31. The molecule has 0 saturated carbocycles. The molecule has 0 amide bonds. The normalized spacial score (nSPS) is 11.3. The zero-order valence-corrected chi connectivity index (χ0v) is 10.8. The molecule has 88 valence electrons. The molecule has 0 heterocycles. The lowest BCUT2D eigenvalue weighted by atomic mass is 10.00. The fraction of sp³-hybridized carbons (Fsp3) is 0.500. The second-order valence-electron chi connectivity index (χ2n) is 4.96. The van der Waals surface area contributed by atoms with Gasteiger partial charge in [0.15, 0.2) is 0 Å². The SMILES string of the molecule is CCc1cccc(C)c1C(=O)OC(C)(C)C. The third kappa shape index (κ3) is 3.09. The third-order valence-corrected chi connectivity index (χ3v) is 2.34. The maximum Gasteiger partial charge on any atom is 0.339 e. The molecule has 0 spiro atoms. The molecule has 1 aromatic carbocycles. The Bertz CT molecular complexity index is 386. The molecule has 2 nitrogen and oxygen atoms in total. The predicted octanol–water partition coefficient (Wildman–Crippen LogP) is 3.51. The number of rotatable bonds is 2. The number of carbonyl (C=O) groups excluding carboxylic acids is 1. The largest absolute Gasteiger partial charge is 0.456 e. The van der Waals surface area contributed by atoms with E-state index < -0.39 is 5.60 Å². The number of aryl methyl sites for hydroxylation is 2. The van der Waals surface area contributed by atoms with Gasteiger partial charge in [-0.1, -0.05) is 25.1 Å². The topological polar surface area (TPSA) is 26.3 Å². The maximum absolute atomic E-state index is 12.0. The highest BCUT2D eigenvalue weighted by atomic mass is 16.6. The standard InChI is InChI=1S/C14H20O2/c1-6-11-9-7-8-10(2)12(11)13(15)16-14(3,4)5/h7-9H,6H2,1-5H3. The Morgan fingerprint density at radius 3 is 2.44 bits per heavy atom. The smallest absolute Gasteiger partial charge is 0.339 e. The molecular formula is C14H20O2. The minimum Gasteiger partial charge on any atom is -0.456 e. The van der Waals surface area contributed by atoms with Crippen LogP contribution in [0, 0.1) is 6.92 Å². The Morgan fingerprint density at radius 1 is 1.31 bits per heavy atom. The summed E-state index contributed by atoms with van der Waals surface area (Å²) < 4.78 is 5.41. The zero-order chi connectivity index (χ0) is 12.3. The van der Waals surface area contributed by atoms with E-state index in [1.54, 1.807) is 0 Å². The van der Waals surface area contributed by atoms with Gasteiger partial charge in [-0.3, -0.25) is 0 Å². The van der Waals surface area contributed by atoms with Gasteiger partial charge >= 0.3 is 5.97 Å². The van der Waals surface area contributed by atoms with Crippen molar-refractivity contribution in [2.75, 3.05) is 0 Å². The lowest BCUT2D eigenvalue weighted by molar-refractivity contribution is 0.00676. The zero-order valence-electron chi connectivity index (χ0n) is 10.8. The van der Waals surface area contributed by atoms with Crippen molar-refractivity contribution < 1.29 is 9.53 Å². The van der Waals surface area contributed by atoms with E-state index in [0.717, 1.165) is 23.1 Å². The Balaban J connectivity index is 3.08. The van der Waals surface area contributed by atoms with Gasteiger partial charge in [0.2, 0.25) is 0 Å². The maximum atomic E-state index is 12.0. The first-order chi connectivity index (χ1) is 7.35. The minimum absolute atomic E-state index is 0.220. The van der Waals surface area contributed by atoms with Crippen molar-refractivity contribution in [3.8, 4) is 0 Å². The summed E-state index contributed by atoms with van der Waals surface area (Å²) in [5.41, 5.74) is 2.31. The van der Waals surface area contributed by atoms with Gasteiger partial charge in [-0.15, -0.1) is 0 Å². The highest BCUT2D eigenvalue weighted by Crippen LogP contribution is 2.19. The van der Waals surface area contributed by atoms with E-state index in [4.69, 9.17) is 4.74 Å². The van der Waals surface area contributed by atoms with Crippen molar-refractivity contribution in [2.24, 2.45) is 0 Å². The van der Waals surface area contributed by atoms with E-state index in [2.05, 4.69) is 0 Å². The molecule has 0 aliphatic carbocycles. The number of benzene rings is 1. The van der Waals surface area contributed by atoms with Gasteiger partial charge in [0, 0.05) is 0 Å². The lowest BCUT2D eigenvalue weighted by Gasteiger charge is -2.21. The van der Waals surface area contributed by atoms with E-state index in [9.17, 15) is 4.79 Å². The minimum atomic E-state index is -0.440. The highest BCUT2D eigenvalue weighted by Gasteiger charge is 2.21. The van der Waals surface area contributed by atoms with Crippen LogP contribution in [0.15, 0.2) is 18.2 Å². The summed E-state index contributed by atoms with van der Waals surface area (Å²) in [7, 11) is 0. The molecule has 0 radical (unpaired) electrons. The summed E-state index contributed by atoms with van der Waals surface area (Å²) >= 11 is 0. The van der Waals surface area contributed by atoms with Crippen LogP contribution in [0.3, 0.4) is 0 Å². The third-order valence-electron chi connectivity index (χ3n) is 2.34. The van der Waals surface area contributed by atoms with Crippen molar-refractivity contribution in [2.45, 2.75) is 46.6 Å². The molecule has 2 heteroatoms. The molecule has 0 bridgehead atoms. The molecular weight excluding hydrogens is 200 g/mol. The van der Waals surface area contributed by atoms with Gasteiger partial charge < -0.3 is 4.74 Å². The number of ether oxygens (including phenoxy) is 1. The quantitative estimate of drug-likeness (QED) is 0.713. The van der Waals surface area contributed by atoms with Crippen molar-refractivity contribution in [3.63, 3.8) is 0 Å². The van der Waals surface area contributed by atoms with Gasteiger partial charge in [-0.05, 0) is 45.2 Å². The van der Waals surface area contributed by atoms with E-state index in [1.165, 1.54) is 0 Å². The summed E-state index contributed by atoms with van der Waals surface area (Å²) in [4.78, 5) is 12.0. The van der Waals surface area contributed by atoms with Crippen molar-refractivity contribution in [3.05, 3.63) is 34.9 Å². The van der Waals surface area contributed by atoms with Gasteiger partial charge in [0.1, 0.15) is 5.60 Å². The summed E-state index contributed by atoms with van der Waals surface area (Å²) in [6.45, 7) is 9.64. The Kier molecular flexibility index (Phi) is 3.74. The monoisotopic (exact) mass is 220 g/mol. The van der Waals surface area contributed by atoms with E-state index in [0.29, 0.717) is 0 Å². The van der Waals surface area contributed by atoms with Crippen molar-refractivity contribution in [1.29, 1.82) is 0 Å². The first-order valence-corrected chi connectivity index (χ1v) is 5.67. The van der Waals surface area contributed by atoms with Crippen LogP contribution in [-0.2, 0) is 11.2 Å². The average Bonchev–Trinajstić information content (AvgIpc) is 2.14. The van der Waals surface area contributed by atoms with Crippen LogP contribution < -0.4 is 0 Å². The van der Waals surface area contributed by atoms with E-state index in [1.807, 2.05) is 52.8 Å². The summed E-state index contributed by atoms with van der Waals surface area (Å²) in [5, 5.41) is 0. The second kappa shape index (κ2) is 4.69. The van der Waals surface area contributed by atoms with Gasteiger partial charge in [0.25, 0.3) is 0 Å². The average molecular weight is 220 g/mol. The second-order valence-corrected chi connectivity index (χ2v) is 4.96. The van der Waals surface area contributed by atoms with Gasteiger partial charge in [0.05, 0.1) is 5.56 Å². The molecule has 0 aliphatic heterocycles. The van der Waals surface area contributed by atoms with Crippen molar-refractivity contribution >= 4 is 5.97 Å². The predicted molar refractivity (Wildman–Crippen MR) is 65.7 cm³/mol. The Morgan fingerprint density at radius 2 is 1.94 bits per heavy atom. The van der Waals surface area contributed by atoms with E-state index >= 15 is 0 Å². The molecule has 16 heavy (non-hydrogen) atoms. The first-order valence-electron chi connectivity index (χ1n) is 5.67. The molecule has 0 aliphatic rings. The molecule has 0 fully saturated rings. The number of hydrogen-bond acceptors (Lipinski definition) is 2. The molecule has 0 aromatic heterocycles. The molecule has 0 saturated heterocycles. The number of esters is 1. The van der Waals surface area contributed by atoms with Crippen LogP contribution in [0.5, 0.6) is 0 Å². The fourth-order valence-electron chi connectivity index (χ4n) is 1.64. The fourth-order valence-corrected chi connectivity index (χ4v) is 1.64. The lowest BCUT2D eigenvalue weighted by Crippen LogP contribution is -2.25. The Labute approximate surface area is 97.6 Å². The summed E-state index contributed by atoms with van der Waals surface area (Å²) in [5.74, 6) is -0.220. The molecule has 1 aromatic rings. The first kappa shape index (κ1) is 12.8. The van der Waals surface area contributed by atoms with Crippen LogP contribution in [0.2, 0.25) is 0 Å². The summed E-state index contributed by atoms with van der Waals surface area (Å²) in [6.07, 6.45) is 0.844.